The largest absolute Gasteiger partial charge is 0.466 e. The highest BCUT2D eigenvalue weighted by Gasteiger charge is 2.10. The molecule has 0 saturated heterocycles. The van der Waals surface area contributed by atoms with Crippen molar-refractivity contribution in [2.24, 2.45) is 5.92 Å². The Morgan fingerprint density at radius 3 is 2.22 bits per heavy atom. The number of methoxy groups -OCH3 is 1. The lowest BCUT2D eigenvalue weighted by molar-refractivity contribution is -0.151. The van der Waals surface area contributed by atoms with Crippen molar-refractivity contribution in [3.63, 3.8) is 0 Å². The molecule has 0 heterocycles. The van der Waals surface area contributed by atoms with Gasteiger partial charge >= 0.3 is 11.9 Å². The quantitative estimate of drug-likeness (QED) is 0.562. The number of esters is 2. The van der Waals surface area contributed by atoms with E-state index in [1.807, 2.05) is 13.8 Å². The third kappa shape index (κ3) is 10.1. The fourth-order valence-corrected chi connectivity index (χ4v) is 1.20. The Bertz CT molecular complexity index is 240. The molecule has 0 fully saturated rings. The van der Waals surface area contributed by atoms with Crippen LogP contribution in [0.2, 0.25) is 0 Å². The molecule has 1 unspecified atom stereocenters. The van der Waals surface area contributed by atoms with Crippen LogP contribution in [0.1, 0.15) is 39.5 Å². The first-order valence-electron chi connectivity index (χ1n) is 6.40. The molecule has 0 bridgehead atoms. The lowest BCUT2D eigenvalue weighted by Gasteiger charge is -2.11. The topological polar surface area (TPSA) is 61.8 Å². The third-order valence-corrected chi connectivity index (χ3v) is 2.34. The average molecular weight is 260 g/mol. The smallest absolute Gasteiger partial charge is 0.306 e. The Morgan fingerprint density at radius 1 is 1.06 bits per heavy atom. The zero-order chi connectivity index (χ0) is 13.8. The Kier molecular flexibility index (Phi) is 10.3. The van der Waals surface area contributed by atoms with Crippen LogP contribution in [-0.4, -0.2) is 38.9 Å². The van der Waals surface area contributed by atoms with Crippen LogP contribution in [0.15, 0.2) is 0 Å². The van der Waals surface area contributed by atoms with Crippen LogP contribution in [0, 0.1) is 5.92 Å². The molecule has 0 aliphatic heterocycles. The van der Waals surface area contributed by atoms with Gasteiger partial charge in [-0.1, -0.05) is 13.8 Å². The van der Waals surface area contributed by atoms with Crippen molar-refractivity contribution >= 4 is 11.9 Å². The van der Waals surface area contributed by atoms with Gasteiger partial charge in [-0.3, -0.25) is 9.59 Å². The molecule has 0 N–H and O–H groups in total. The Balaban J connectivity index is 3.56. The van der Waals surface area contributed by atoms with Gasteiger partial charge in [-0.05, 0) is 18.8 Å². The summed E-state index contributed by atoms with van der Waals surface area (Å²) >= 11 is 0. The lowest BCUT2D eigenvalue weighted by Crippen LogP contribution is -2.15. The normalized spacial score (nSPS) is 11.9. The first-order chi connectivity index (χ1) is 8.60. The molecule has 0 amide bonds. The second kappa shape index (κ2) is 11.0. The molecule has 18 heavy (non-hydrogen) atoms. The summed E-state index contributed by atoms with van der Waals surface area (Å²) in [7, 11) is 1.64. The van der Waals surface area contributed by atoms with E-state index in [2.05, 4.69) is 0 Å². The molecule has 0 aliphatic rings. The van der Waals surface area contributed by atoms with Crippen LogP contribution in [0.5, 0.6) is 0 Å². The van der Waals surface area contributed by atoms with E-state index in [0.29, 0.717) is 19.8 Å². The van der Waals surface area contributed by atoms with Gasteiger partial charge in [0, 0.05) is 13.7 Å². The number of hydrogen-bond acceptors (Lipinski definition) is 5. The average Bonchev–Trinajstić information content (AvgIpc) is 2.37. The molecule has 0 radical (unpaired) electrons. The first-order valence-corrected chi connectivity index (χ1v) is 6.40. The van der Waals surface area contributed by atoms with Crippen LogP contribution in [0.25, 0.3) is 0 Å². The minimum atomic E-state index is -0.354. The van der Waals surface area contributed by atoms with Gasteiger partial charge in [-0.25, -0.2) is 0 Å². The summed E-state index contributed by atoms with van der Waals surface area (Å²) < 4.78 is 14.8. The van der Waals surface area contributed by atoms with E-state index in [1.165, 1.54) is 0 Å². The molecule has 0 aromatic carbocycles. The van der Waals surface area contributed by atoms with E-state index in [4.69, 9.17) is 14.2 Å². The van der Waals surface area contributed by atoms with Gasteiger partial charge in [0.1, 0.15) is 0 Å². The van der Waals surface area contributed by atoms with Crippen molar-refractivity contribution in [1.29, 1.82) is 0 Å². The van der Waals surface area contributed by atoms with Crippen molar-refractivity contribution < 1.29 is 23.8 Å². The van der Waals surface area contributed by atoms with Crippen LogP contribution >= 0.6 is 0 Å². The van der Waals surface area contributed by atoms with Crippen LogP contribution < -0.4 is 0 Å². The molecule has 0 saturated carbocycles. The number of ether oxygens (including phenoxy) is 3. The van der Waals surface area contributed by atoms with Crippen molar-refractivity contribution in [2.45, 2.75) is 39.5 Å². The fourth-order valence-electron chi connectivity index (χ4n) is 1.20. The molecule has 106 valence electrons. The molecular weight excluding hydrogens is 236 g/mol. The number of carbonyl (C=O) groups excluding carboxylic acids is 2. The summed E-state index contributed by atoms with van der Waals surface area (Å²) in [4.78, 5) is 22.5. The summed E-state index contributed by atoms with van der Waals surface area (Å²) in [6.07, 6.45) is 1.81. The lowest BCUT2D eigenvalue weighted by atomic mass is 10.1. The fraction of sp³-hybridized carbons (Fsp3) is 0.846. The maximum absolute atomic E-state index is 11.3. The number of hydrogen-bond donors (Lipinski definition) is 0. The van der Waals surface area contributed by atoms with Gasteiger partial charge in [-0.2, -0.15) is 0 Å². The molecule has 0 spiro atoms. The molecule has 0 rings (SSSR count). The summed E-state index contributed by atoms with van der Waals surface area (Å²) in [6.45, 7) is 5.33. The third-order valence-electron chi connectivity index (χ3n) is 2.34. The molecule has 1 atom stereocenters. The van der Waals surface area contributed by atoms with E-state index in [0.717, 1.165) is 12.8 Å². The predicted octanol–water partition coefficient (Wildman–Crippen LogP) is 1.94. The van der Waals surface area contributed by atoms with Crippen LogP contribution in [0.4, 0.5) is 0 Å². The summed E-state index contributed by atoms with van der Waals surface area (Å²) in [5, 5.41) is 0. The maximum atomic E-state index is 11.3. The van der Waals surface area contributed by atoms with Crippen molar-refractivity contribution in [2.75, 3.05) is 26.9 Å². The second-order valence-corrected chi connectivity index (χ2v) is 4.29. The highest BCUT2D eigenvalue weighted by atomic mass is 16.5. The monoisotopic (exact) mass is 260 g/mol. The van der Waals surface area contributed by atoms with Gasteiger partial charge in [0.25, 0.3) is 0 Å². The van der Waals surface area contributed by atoms with E-state index in [9.17, 15) is 9.59 Å². The molecule has 5 heteroatoms. The van der Waals surface area contributed by atoms with Crippen molar-refractivity contribution in [1.82, 2.24) is 0 Å². The van der Waals surface area contributed by atoms with Gasteiger partial charge in [0.05, 0.1) is 26.1 Å². The predicted molar refractivity (Wildman–Crippen MR) is 67.1 cm³/mol. The van der Waals surface area contributed by atoms with Crippen LogP contribution in [0.3, 0.4) is 0 Å². The van der Waals surface area contributed by atoms with E-state index in [1.54, 1.807) is 7.11 Å². The van der Waals surface area contributed by atoms with Crippen LogP contribution in [-0.2, 0) is 23.8 Å². The zero-order valence-electron chi connectivity index (χ0n) is 11.6. The van der Waals surface area contributed by atoms with Crippen molar-refractivity contribution in [3.8, 4) is 0 Å². The molecular formula is C13H24O5. The standard InChI is InChI=1S/C13H24O5/c1-4-8-17-12(14)5-6-13(15)18-10-11(2)7-9-16-3/h11H,4-10H2,1-3H3. The Morgan fingerprint density at radius 2 is 1.67 bits per heavy atom. The highest BCUT2D eigenvalue weighted by Crippen LogP contribution is 2.04. The van der Waals surface area contributed by atoms with Gasteiger partial charge < -0.3 is 14.2 Å². The second-order valence-electron chi connectivity index (χ2n) is 4.29. The number of carbonyl (C=O) groups is 2. The number of rotatable bonds is 10. The summed E-state index contributed by atoms with van der Waals surface area (Å²) in [6, 6.07) is 0. The first kappa shape index (κ1) is 16.9. The van der Waals surface area contributed by atoms with E-state index >= 15 is 0 Å². The molecule has 0 aromatic rings. The van der Waals surface area contributed by atoms with Gasteiger partial charge in [0.2, 0.25) is 0 Å². The molecule has 0 aromatic heterocycles. The van der Waals surface area contributed by atoms with E-state index < -0.39 is 0 Å². The molecule has 0 aliphatic carbocycles. The van der Waals surface area contributed by atoms with Gasteiger partial charge in [-0.15, -0.1) is 0 Å². The Labute approximate surface area is 109 Å². The minimum absolute atomic E-state index is 0.0829. The van der Waals surface area contributed by atoms with Gasteiger partial charge in [0.15, 0.2) is 0 Å². The summed E-state index contributed by atoms with van der Waals surface area (Å²) in [5.74, 6) is -0.435. The van der Waals surface area contributed by atoms with Crippen molar-refractivity contribution in [3.05, 3.63) is 0 Å². The molecule has 5 nitrogen and oxygen atoms in total. The SMILES string of the molecule is CCCOC(=O)CCC(=O)OCC(C)CCOC. The highest BCUT2D eigenvalue weighted by molar-refractivity contribution is 5.77. The van der Waals surface area contributed by atoms with E-state index in [-0.39, 0.29) is 30.7 Å². The zero-order valence-corrected chi connectivity index (χ0v) is 11.6. The maximum Gasteiger partial charge on any atom is 0.306 e. The minimum Gasteiger partial charge on any atom is -0.466 e. The summed E-state index contributed by atoms with van der Waals surface area (Å²) in [5.41, 5.74) is 0. The Hall–Kier alpha value is -1.10.